The summed E-state index contributed by atoms with van der Waals surface area (Å²) in [5.74, 6) is 0.167. The molecule has 0 aliphatic carbocycles. The fourth-order valence-corrected chi connectivity index (χ4v) is 1.47. The van der Waals surface area contributed by atoms with Gasteiger partial charge in [-0.15, -0.1) is 0 Å². The molecule has 1 atom stereocenters. The molecule has 1 rings (SSSR count). The zero-order valence-electron chi connectivity index (χ0n) is 11.1. The number of halogens is 2. The Morgan fingerprint density at radius 3 is 2.70 bits per heavy atom. The highest BCUT2D eigenvalue weighted by molar-refractivity contribution is 5.91. The molecule has 0 fully saturated rings. The molecule has 1 aromatic rings. The Hall–Kier alpha value is -1.89. The lowest BCUT2D eigenvalue weighted by molar-refractivity contribution is 0.0822. The highest BCUT2D eigenvalue weighted by atomic mass is 19.3. The Morgan fingerprint density at radius 2 is 2.10 bits per heavy atom. The Morgan fingerprint density at radius 1 is 1.40 bits per heavy atom. The minimum absolute atomic E-state index is 0.167. The quantitative estimate of drug-likeness (QED) is 0.720. The number of benzene rings is 1. The number of hydrogen-bond donors (Lipinski definition) is 3. The Balaban J connectivity index is 2.64. The van der Waals surface area contributed by atoms with Crippen LogP contribution in [0.25, 0.3) is 0 Å². The molecule has 0 aromatic heterocycles. The van der Waals surface area contributed by atoms with Crippen LogP contribution in [0.3, 0.4) is 0 Å². The summed E-state index contributed by atoms with van der Waals surface area (Å²) in [5.41, 5.74) is 0.290. The number of carbonyl (C=O) groups is 1. The van der Waals surface area contributed by atoms with E-state index in [4.69, 9.17) is 9.84 Å². The number of alkyl halides is 2. The average Bonchev–Trinajstić information content (AvgIpc) is 2.43. The van der Waals surface area contributed by atoms with Gasteiger partial charge in [-0.2, -0.15) is 0 Å². The molecule has 0 aliphatic heterocycles. The predicted octanol–water partition coefficient (Wildman–Crippen LogP) is 2.22. The maximum atomic E-state index is 12.1. The topological polar surface area (TPSA) is 70.6 Å². The molecule has 20 heavy (non-hydrogen) atoms. The van der Waals surface area contributed by atoms with Crippen LogP contribution >= 0.6 is 0 Å². The van der Waals surface area contributed by atoms with Gasteiger partial charge in [0, 0.05) is 0 Å². The maximum absolute atomic E-state index is 12.1. The third-order valence-electron chi connectivity index (χ3n) is 2.55. The third-order valence-corrected chi connectivity index (χ3v) is 2.55. The van der Waals surface area contributed by atoms with Crippen molar-refractivity contribution in [2.75, 3.05) is 18.5 Å². The van der Waals surface area contributed by atoms with Gasteiger partial charge in [-0.05, 0) is 18.6 Å². The van der Waals surface area contributed by atoms with Crippen LogP contribution in [-0.4, -0.2) is 36.8 Å². The summed E-state index contributed by atoms with van der Waals surface area (Å²) in [6.45, 7) is 0.906. The number of amides is 2. The number of nitrogens with one attached hydrogen (secondary N) is 2. The first-order valence-electron chi connectivity index (χ1n) is 6.25. The lowest BCUT2D eigenvalue weighted by Gasteiger charge is -2.16. The highest BCUT2D eigenvalue weighted by Crippen LogP contribution is 2.24. The van der Waals surface area contributed by atoms with Crippen LogP contribution in [0.1, 0.15) is 13.3 Å². The van der Waals surface area contributed by atoms with Crippen LogP contribution in [0.4, 0.5) is 19.3 Å². The van der Waals surface area contributed by atoms with Gasteiger partial charge in [0.15, 0.2) is 0 Å². The van der Waals surface area contributed by atoms with E-state index in [1.54, 1.807) is 18.2 Å². The van der Waals surface area contributed by atoms with Gasteiger partial charge >= 0.3 is 6.03 Å². The zero-order chi connectivity index (χ0) is 15.0. The molecule has 7 heteroatoms. The van der Waals surface area contributed by atoms with E-state index < -0.39 is 19.1 Å². The molecule has 5 nitrogen and oxygen atoms in total. The number of aliphatic hydroxyl groups excluding tert-OH is 1. The van der Waals surface area contributed by atoms with Crippen molar-refractivity contribution in [3.05, 3.63) is 24.3 Å². The van der Waals surface area contributed by atoms with Crippen LogP contribution in [0.15, 0.2) is 24.3 Å². The molecule has 2 amide bonds. The molecule has 1 unspecified atom stereocenters. The first-order chi connectivity index (χ1) is 9.56. The maximum Gasteiger partial charge on any atom is 0.319 e. The van der Waals surface area contributed by atoms with E-state index in [1.165, 1.54) is 6.07 Å². The largest absolute Gasteiger partial charge is 0.485 e. The third kappa shape index (κ3) is 5.40. The summed E-state index contributed by atoms with van der Waals surface area (Å²) in [7, 11) is 0. The van der Waals surface area contributed by atoms with Crippen LogP contribution in [-0.2, 0) is 0 Å². The monoisotopic (exact) mass is 288 g/mol. The normalized spacial score (nSPS) is 12.1. The summed E-state index contributed by atoms with van der Waals surface area (Å²) in [4.78, 5) is 11.7. The Bertz CT molecular complexity index is 426. The van der Waals surface area contributed by atoms with Crippen LogP contribution in [0, 0.1) is 0 Å². The van der Waals surface area contributed by atoms with E-state index in [9.17, 15) is 13.6 Å². The molecular weight excluding hydrogens is 270 g/mol. The summed E-state index contributed by atoms with van der Waals surface area (Å²) < 4.78 is 29.2. The lowest BCUT2D eigenvalue weighted by atomic mass is 10.2. The standard InChI is InChI=1S/C13H18F2N2O3/c1-2-9(7-18)16-13(19)17-10-5-3-4-6-11(10)20-8-12(14)15/h3-6,9,12,18H,2,7-8H2,1H3,(H2,16,17,19). The molecule has 1 aromatic carbocycles. The van der Waals surface area contributed by atoms with Crippen molar-refractivity contribution in [2.45, 2.75) is 25.8 Å². The van der Waals surface area contributed by atoms with E-state index >= 15 is 0 Å². The van der Waals surface area contributed by atoms with Gasteiger partial charge in [-0.3, -0.25) is 0 Å². The molecule has 0 radical (unpaired) electrons. The molecule has 0 saturated heterocycles. The number of ether oxygens (including phenoxy) is 1. The summed E-state index contributed by atoms with van der Waals surface area (Å²) in [5, 5.41) is 14.0. The van der Waals surface area contributed by atoms with Crippen LogP contribution in [0.5, 0.6) is 5.75 Å². The number of urea groups is 1. The molecule has 0 spiro atoms. The number of carbonyl (C=O) groups excluding carboxylic acids is 1. The van der Waals surface area contributed by atoms with E-state index in [0.717, 1.165) is 0 Å². The second-order valence-corrected chi connectivity index (χ2v) is 4.08. The van der Waals surface area contributed by atoms with Crippen molar-refractivity contribution < 1.29 is 23.4 Å². The molecule has 3 N–H and O–H groups in total. The summed E-state index contributed by atoms with van der Waals surface area (Å²) >= 11 is 0. The highest BCUT2D eigenvalue weighted by Gasteiger charge is 2.12. The first kappa shape index (κ1) is 16.2. The van der Waals surface area contributed by atoms with E-state index in [2.05, 4.69) is 10.6 Å². The predicted molar refractivity (Wildman–Crippen MR) is 71.3 cm³/mol. The number of aliphatic hydroxyl groups is 1. The smallest absolute Gasteiger partial charge is 0.319 e. The van der Waals surface area contributed by atoms with Crippen molar-refractivity contribution in [3.8, 4) is 5.75 Å². The van der Waals surface area contributed by atoms with Gasteiger partial charge in [0.25, 0.3) is 6.43 Å². The molecule has 112 valence electrons. The molecule has 0 bridgehead atoms. The second-order valence-electron chi connectivity index (χ2n) is 4.08. The SMILES string of the molecule is CCC(CO)NC(=O)Nc1ccccc1OCC(F)F. The summed E-state index contributed by atoms with van der Waals surface area (Å²) in [6.07, 6.45) is -2.01. The minimum Gasteiger partial charge on any atom is -0.485 e. The summed E-state index contributed by atoms with van der Waals surface area (Å²) in [6, 6.07) is 5.41. The average molecular weight is 288 g/mol. The number of hydrogen-bond acceptors (Lipinski definition) is 3. The van der Waals surface area contributed by atoms with Crippen molar-refractivity contribution in [3.63, 3.8) is 0 Å². The fraction of sp³-hybridized carbons (Fsp3) is 0.462. The van der Waals surface area contributed by atoms with Gasteiger partial charge in [0.1, 0.15) is 12.4 Å². The van der Waals surface area contributed by atoms with E-state index in [1.807, 2.05) is 6.92 Å². The van der Waals surface area contributed by atoms with Crippen molar-refractivity contribution >= 4 is 11.7 Å². The Kier molecular flexibility index (Phi) is 6.72. The lowest BCUT2D eigenvalue weighted by Crippen LogP contribution is -2.39. The molecular formula is C13H18F2N2O3. The molecule has 0 saturated carbocycles. The molecule has 0 aliphatic rings. The van der Waals surface area contributed by atoms with E-state index in [-0.39, 0.29) is 18.4 Å². The number of rotatable bonds is 7. The van der Waals surface area contributed by atoms with E-state index in [0.29, 0.717) is 12.1 Å². The second kappa shape index (κ2) is 8.31. The van der Waals surface area contributed by atoms with Gasteiger partial charge in [0.05, 0.1) is 18.3 Å². The number of para-hydroxylation sites is 2. The van der Waals surface area contributed by atoms with Crippen molar-refractivity contribution in [1.29, 1.82) is 0 Å². The van der Waals surface area contributed by atoms with Gasteiger partial charge < -0.3 is 20.5 Å². The minimum atomic E-state index is -2.59. The van der Waals surface area contributed by atoms with Gasteiger partial charge in [-0.25, -0.2) is 13.6 Å². The fourth-order valence-electron chi connectivity index (χ4n) is 1.47. The first-order valence-corrected chi connectivity index (χ1v) is 6.25. The zero-order valence-corrected chi connectivity index (χ0v) is 11.1. The van der Waals surface area contributed by atoms with Gasteiger partial charge in [-0.1, -0.05) is 19.1 Å². The molecule has 0 heterocycles. The number of anilines is 1. The van der Waals surface area contributed by atoms with Crippen molar-refractivity contribution in [2.24, 2.45) is 0 Å². The van der Waals surface area contributed by atoms with Crippen molar-refractivity contribution in [1.82, 2.24) is 5.32 Å². The van der Waals surface area contributed by atoms with Gasteiger partial charge in [0.2, 0.25) is 0 Å². The Labute approximate surface area is 115 Å². The van der Waals surface area contributed by atoms with Crippen LogP contribution < -0.4 is 15.4 Å². The van der Waals surface area contributed by atoms with Crippen LogP contribution in [0.2, 0.25) is 0 Å².